The fourth-order valence-corrected chi connectivity index (χ4v) is 3.39. The molecule has 1 heterocycles. The number of nitrogens with zero attached hydrogens (tertiary/aromatic N) is 1. The number of benzene rings is 2. The van der Waals surface area contributed by atoms with Crippen molar-refractivity contribution in [2.24, 2.45) is 0 Å². The van der Waals surface area contributed by atoms with Crippen molar-refractivity contribution in [1.29, 1.82) is 0 Å². The summed E-state index contributed by atoms with van der Waals surface area (Å²) < 4.78 is 0. The van der Waals surface area contributed by atoms with Crippen LogP contribution in [0, 0.1) is 10.1 Å². The Morgan fingerprint density at radius 2 is 1.90 bits per heavy atom. The van der Waals surface area contributed by atoms with Crippen LogP contribution in [0.4, 0.5) is 5.69 Å². The molecule has 1 N–H and O–H groups in total. The molecule has 0 radical (unpaired) electrons. The second-order valence-corrected chi connectivity index (χ2v) is 5.81. The molecule has 0 aromatic heterocycles. The number of aliphatic hydroxyl groups is 1. The average molecular weight is 299 g/mol. The number of thioether (sulfide) groups is 1. The number of nitro benzene ring substituents is 1. The zero-order valence-electron chi connectivity index (χ0n) is 11.1. The minimum atomic E-state index is -0.613. The predicted octanol–water partition coefficient (Wildman–Crippen LogP) is 3.82. The summed E-state index contributed by atoms with van der Waals surface area (Å²) in [6, 6.07) is 14.2. The van der Waals surface area contributed by atoms with E-state index in [1.807, 2.05) is 30.3 Å². The normalized spacial score (nSPS) is 19.3. The van der Waals surface area contributed by atoms with Gasteiger partial charge in [-0.05, 0) is 34.9 Å². The Kier molecular flexibility index (Phi) is 3.77. The van der Waals surface area contributed by atoms with E-state index in [1.54, 1.807) is 23.9 Å². The van der Waals surface area contributed by atoms with Crippen LogP contribution in [0.1, 0.15) is 17.2 Å². The van der Waals surface area contributed by atoms with Gasteiger partial charge in [-0.3, -0.25) is 10.1 Å². The molecular formula is C16H13NO3S. The molecule has 0 aliphatic carbocycles. The van der Waals surface area contributed by atoms with E-state index in [0.717, 1.165) is 27.3 Å². The zero-order chi connectivity index (χ0) is 14.8. The second-order valence-electron chi connectivity index (χ2n) is 4.80. The van der Waals surface area contributed by atoms with Crippen LogP contribution < -0.4 is 0 Å². The lowest BCUT2D eigenvalue weighted by Crippen LogP contribution is -2.10. The second kappa shape index (κ2) is 5.71. The Morgan fingerprint density at radius 1 is 1.19 bits per heavy atom. The maximum absolute atomic E-state index is 10.6. The van der Waals surface area contributed by atoms with Gasteiger partial charge in [0.15, 0.2) is 0 Å². The van der Waals surface area contributed by atoms with Crippen LogP contribution in [0.2, 0.25) is 0 Å². The number of rotatable bonds is 2. The fraction of sp³-hybridized carbons (Fsp3) is 0.125. The van der Waals surface area contributed by atoms with Crippen LogP contribution in [0.15, 0.2) is 59.0 Å². The molecule has 5 heteroatoms. The van der Waals surface area contributed by atoms with Crippen molar-refractivity contribution in [2.75, 3.05) is 5.75 Å². The molecule has 106 valence electrons. The first kappa shape index (κ1) is 13.9. The van der Waals surface area contributed by atoms with E-state index in [4.69, 9.17) is 0 Å². The van der Waals surface area contributed by atoms with E-state index in [1.165, 1.54) is 12.1 Å². The Labute approximate surface area is 126 Å². The summed E-state index contributed by atoms with van der Waals surface area (Å²) >= 11 is 1.69. The van der Waals surface area contributed by atoms with Gasteiger partial charge >= 0.3 is 0 Å². The largest absolute Gasteiger partial charge is 0.384 e. The highest BCUT2D eigenvalue weighted by Gasteiger charge is 2.22. The van der Waals surface area contributed by atoms with Crippen LogP contribution >= 0.6 is 11.8 Å². The molecule has 0 saturated heterocycles. The molecule has 0 bridgehead atoms. The predicted molar refractivity (Wildman–Crippen MR) is 83.2 cm³/mol. The molecule has 1 unspecified atom stereocenters. The molecule has 0 fully saturated rings. The van der Waals surface area contributed by atoms with Gasteiger partial charge in [-0.15, -0.1) is 11.8 Å². The zero-order valence-corrected chi connectivity index (χ0v) is 11.9. The standard InChI is InChI=1S/C16H13NO3S/c18-16-12(10-21-15-4-2-1-3-14(15)16)9-11-5-7-13(8-6-11)17(19)20/h1-9,16,18H,10H2/b12-9+. The number of aliphatic hydroxyl groups excluding tert-OH is 1. The molecule has 0 spiro atoms. The molecular weight excluding hydrogens is 286 g/mol. The van der Waals surface area contributed by atoms with Gasteiger partial charge < -0.3 is 5.11 Å². The molecule has 1 aliphatic rings. The van der Waals surface area contributed by atoms with Gasteiger partial charge in [-0.2, -0.15) is 0 Å². The smallest absolute Gasteiger partial charge is 0.269 e. The SMILES string of the molecule is O=[N+]([O-])c1ccc(/C=C2\CSc3ccccc3C2O)cc1. The third kappa shape index (κ3) is 2.84. The third-order valence-corrected chi connectivity index (χ3v) is 4.58. The molecule has 0 saturated carbocycles. The number of nitro groups is 1. The molecule has 3 rings (SSSR count). The van der Waals surface area contributed by atoms with Crippen LogP contribution in [0.3, 0.4) is 0 Å². The van der Waals surface area contributed by atoms with Crippen molar-refractivity contribution >= 4 is 23.5 Å². The average Bonchev–Trinajstić information content (AvgIpc) is 2.51. The summed E-state index contributed by atoms with van der Waals surface area (Å²) in [5, 5.41) is 21.1. The summed E-state index contributed by atoms with van der Waals surface area (Å²) in [6.45, 7) is 0. The molecule has 1 atom stereocenters. The molecule has 4 nitrogen and oxygen atoms in total. The topological polar surface area (TPSA) is 63.4 Å². The van der Waals surface area contributed by atoms with Gasteiger partial charge in [0.25, 0.3) is 5.69 Å². The first-order valence-electron chi connectivity index (χ1n) is 6.50. The summed E-state index contributed by atoms with van der Waals surface area (Å²) in [6.07, 6.45) is 1.29. The number of non-ortho nitro benzene ring substituents is 1. The van der Waals surface area contributed by atoms with Crippen LogP contribution in [0.5, 0.6) is 0 Å². The number of hydrogen-bond donors (Lipinski definition) is 1. The summed E-state index contributed by atoms with van der Waals surface area (Å²) in [4.78, 5) is 11.3. The lowest BCUT2D eigenvalue weighted by atomic mass is 10.00. The number of hydrogen-bond acceptors (Lipinski definition) is 4. The van der Waals surface area contributed by atoms with Crippen molar-refractivity contribution < 1.29 is 10.0 Å². The van der Waals surface area contributed by atoms with E-state index in [0.29, 0.717) is 0 Å². The third-order valence-electron chi connectivity index (χ3n) is 3.42. The van der Waals surface area contributed by atoms with Crippen molar-refractivity contribution in [3.05, 3.63) is 75.3 Å². The molecule has 0 amide bonds. The maximum Gasteiger partial charge on any atom is 0.269 e. The number of fused-ring (bicyclic) bond motifs is 1. The first-order valence-corrected chi connectivity index (χ1v) is 7.48. The highest BCUT2D eigenvalue weighted by atomic mass is 32.2. The molecule has 2 aromatic carbocycles. The minimum Gasteiger partial charge on any atom is -0.384 e. The minimum absolute atomic E-state index is 0.0704. The van der Waals surface area contributed by atoms with Crippen LogP contribution in [0.25, 0.3) is 6.08 Å². The van der Waals surface area contributed by atoms with Crippen molar-refractivity contribution in [3.8, 4) is 0 Å². The Balaban J connectivity index is 1.89. The fourth-order valence-electron chi connectivity index (χ4n) is 2.30. The lowest BCUT2D eigenvalue weighted by Gasteiger charge is -2.23. The van der Waals surface area contributed by atoms with Gasteiger partial charge in [-0.1, -0.05) is 24.3 Å². The molecule has 1 aliphatic heterocycles. The summed E-state index contributed by atoms with van der Waals surface area (Å²) in [5.74, 6) is 0.717. The van der Waals surface area contributed by atoms with Gasteiger partial charge in [0, 0.05) is 22.8 Å². The van der Waals surface area contributed by atoms with Crippen molar-refractivity contribution in [2.45, 2.75) is 11.0 Å². The van der Waals surface area contributed by atoms with Crippen LogP contribution in [-0.4, -0.2) is 15.8 Å². The maximum atomic E-state index is 10.6. The monoisotopic (exact) mass is 299 g/mol. The van der Waals surface area contributed by atoms with E-state index >= 15 is 0 Å². The van der Waals surface area contributed by atoms with E-state index < -0.39 is 11.0 Å². The van der Waals surface area contributed by atoms with E-state index in [-0.39, 0.29) is 5.69 Å². The highest BCUT2D eigenvalue weighted by molar-refractivity contribution is 7.99. The molecule has 2 aromatic rings. The first-order chi connectivity index (χ1) is 10.1. The van der Waals surface area contributed by atoms with Gasteiger partial charge in [0.2, 0.25) is 0 Å². The highest BCUT2D eigenvalue weighted by Crippen LogP contribution is 2.39. The lowest BCUT2D eigenvalue weighted by molar-refractivity contribution is -0.384. The van der Waals surface area contributed by atoms with Crippen molar-refractivity contribution in [3.63, 3.8) is 0 Å². The van der Waals surface area contributed by atoms with Gasteiger partial charge in [0.05, 0.1) is 4.92 Å². The van der Waals surface area contributed by atoms with Gasteiger partial charge in [0.1, 0.15) is 6.10 Å². The summed E-state index contributed by atoms with van der Waals surface area (Å²) in [7, 11) is 0. The van der Waals surface area contributed by atoms with Crippen molar-refractivity contribution in [1.82, 2.24) is 0 Å². The van der Waals surface area contributed by atoms with Crippen LogP contribution in [-0.2, 0) is 0 Å². The Morgan fingerprint density at radius 3 is 2.62 bits per heavy atom. The Hall–Kier alpha value is -2.11. The van der Waals surface area contributed by atoms with E-state index in [9.17, 15) is 15.2 Å². The van der Waals surface area contributed by atoms with Gasteiger partial charge in [-0.25, -0.2) is 0 Å². The Bertz CT molecular complexity index is 710. The summed E-state index contributed by atoms with van der Waals surface area (Å²) in [5.41, 5.74) is 2.75. The molecule has 21 heavy (non-hydrogen) atoms. The quantitative estimate of drug-likeness (QED) is 0.676. The van der Waals surface area contributed by atoms with E-state index in [2.05, 4.69) is 0 Å².